The summed E-state index contributed by atoms with van der Waals surface area (Å²) in [7, 11) is 0. The molecule has 22 heavy (non-hydrogen) atoms. The molecule has 4 amide bonds. The van der Waals surface area contributed by atoms with Gasteiger partial charge in [0.1, 0.15) is 5.82 Å². The van der Waals surface area contributed by atoms with E-state index in [-0.39, 0.29) is 37.0 Å². The zero-order chi connectivity index (χ0) is 15.5. The van der Waals surface area contributed by atoms with Crippen LogP contribution >= 0.6 is 0 Å². The molecule has 2 N–H and O–H groups in total. The van der Waals surface area contributed by atoms with Gasteiger partial charge in [-0.2, -0.15) is 0 Å². The molecular weight excluding hydrogens is 286 g/mol. The largest absolute Gasteiger partial charge is 0.352 e. The summed E-state index contributed by atoms with van der Waals surface area (Å²) < 4.78 is 2.06. The van der Waals surface area contributed by atoms with Crippen molar-refractivity contribution >= 4 is 17.8 Å². The Balaban J connectivity index is 1.40. The molecule has 0 aromatic carbocycles. The summed E-state index contributed by atoms with van der Waals surface area (Å²) in [5.41, 5.74) is 0. The minimum atomic E-state index is -0.370. The van der Waals surface area contributed by atoms with E-state index in [4.69, 9.17) is 0 Å². The molecule has 3 heterocycles. The quantitative estimate of drug-likeness (QED) is 0.727. The highest BCUT2D eigenvalue weighted by atomic mass is 16.2. The number of carbonyl (C=O) groups excluding carboxylic acids is 3. The smallest absolute Gasteiger partial charge is 0.324 e. The Bertz CT molecular complexity index is 581. The van der Waals surface area contributed by atoms with Gasteiger partial charge in [-0.05, 0) is 12.8 Å². The Morgan fingerprint density at radius 3 is 3.09 bits per heavy atom. The van der Waals surface area contributed by atoms with Gasteiger partial charge in [-0.15, -0.1) is 0 Å². The number of nitrogens with one attached hydrogen (secondary N) is 2. The van der Waals surface area contributed by atoms with Crippen LogP contribution in [0, 0.1) is 0 Å². The van der Waals surface area contributed by atoms with Gasteiger partial charge in [-0.25, -0.2) is 9.78 Å². The minimum Gasteiger partial charge on any atom is -0.352 e. The maximum Gasteiger partial charge on any atom is 0.324 e. The van der Waals surface area contributed by atoms with Crippen LogP contribution in [0.5, 0.6) is 0 Å². The Morgan fingerprint density at radius 1 is 1.45 bits per heavy atom. The maximum atomic E-state index is 12.0. The molecule has 2 aliphatic rings. The molecule has 1 aromatic heterocycles. The van der Waals surface area contributed by atoms with Crippen molar-refractivity contribution in [3.8, 4) is 0 Å². The van der Waals surface area contributed by atoms with Gasteiger partial charge in [0.25, 0.3) is 0 Å². The number of fused-ring (bicyclic) bond motifs is 1. The second-order valence-electron chi connectivity index (χ2n) is 5.61. The molecule has 1 saturated heterocycles. The number of imide groups is 1. The van der Waals surface area contributed by atoms with Crippen molar-refractivity contribution in [2.75, 3.05) is 13.1 Å². The van der Waals surface area contributed by atoms with Crippen LogP contribution in [0.4, 0.5) is 4.79 Å². The van der Waals surface area contributed by atoms with Gasteiger partial charge >= 0.3 is 6.03 Å². The lowest BCUT2D eigenvalue weighted by molar-refractivity contribution is -0.126. The van der Waals surface area contributed by atoms with Crippen LogP contribution in [0.2, 0.25) is 0 Å². The van der Waals surface area contributed by atoms with Gasteiger partial charge in [0.2, 0.25) is 11.8 Å². The zero-order valence-corrected chi connectivity index (χ0v) is 12.2. The van der Waals surface area contributed by atoms with E-state index < -0.39 is 0 Å². The first kappa shape index (κ1) is 14.6. The Kier molecular flexibility index (Phi) is 4.08. The molecule has 1 fully saturated rings. The molecule has 0 saturated carbocycles. The molecule has 0 bridgehead atoms. The summed E-state index contributed by atoms with van der Waals surface area (Å²) in [5.74, 6) is 0.787. The number of hydrogen-bond acceptors (Lipinski definition) is 4. The molecule has 118 valence electrons. The highest BCUT2D eigenvalue weighted by Gasteiger charge is 2.28. The summed E-state index contributed by atoms with van der Waals surface area (Å²) in [6.45, 7) is 1.09. The van der Waals surface area contributed by atoms with Crippen molar-refractivity contribution in [1.29, 1.82) is 0 Å². The standard InChI is InChI=1S/C14H19N5O3/c20-12(2-1-6-19-13(21)8-16-14(19)22)17-10-3-4-11-15-5-7-18(11)9-10/h5,7,10H,1-4,6,8-9H2,(H,16,22)(H,17,20). The molecular formula is C14H19N5O3. The fraction of sp³-hybridized carbons (Fsp3) is 0.571. The Labute approximate surface area is 127 Å². The van der Waals surface area contributed by atoms with Crippen LogP contribution < -0.4 is 10.6 Å². The summed E-state index contributed by atoms with van der Waals surface area (Å²) in [4.78, 5) is 40.1. The predicted octanol–water partition coefficient (Wildman–Crippen LogP) is -0.354. The predicted molar refractivity (Wildman–Crippen MR) is 76.8 cm³/mol. The normalized spacial score (nSPS) is 20.7. The van der Waals surface area contributed by atoms with E-state index in [1.165, 1.54) is 0 Å². The molecule has 0 radical (unpaired) electrons. The van der Waals surface area contributed by atoms with Gasteiger partial charge in [0, 0.05) is 44.4 Å². The zero-order valence-electron chi connectivity index (χ0n) is 12.2. The number of aromatic nitrogens is 2. The average Bonchev–Trinajstić information content (AvgIpc) is 3.07. The maximum absolute atomic E-state index is 12.0. The van der Waals surface area contributed by atoms with Gasteiger partial charge in [-0.3, -0.25) is 14.5 Å². The van der Waals surface area contributed by atoms with Crippen LogP contribution in [0.3, 0.4) is 0 Å². The summed E-state index contributed by atoms with van der Waals surface area (Å²) in [6.07, 6.45) is 6.23. The van der Waals surface area contributed by atoms with E-state index in [1.807, 2.05) is 6.20 Å². The highest BCUT2D eigenvalue weighted by molar-refractivity contribution is 6.01. The molecule has 1 unspecified atom stereocenters. The SMILES string of the molecule is O=C(CCCN1C(=O)CNC1=O)NC1CCc2nccn2C1. The van der Waals surface area contributed by atoms with Crippen molar-refractivity contribution in [3.05, 3.63) is 18.2 Å². The lowest BCUT2D eigenvalue weighted by atomic mass is 10.1. The first-order chi connectivity index (χ1) is 10.6. The van der Waals surface area contributed by atoms with Crippen molar-refractivity contribution < 1.29 is 14.4 Å². The third kappa shape index (κ3) is 3.10. The topological polar surface area (TPSA) is 96.3 Å². The van der Waals surface area contributed by atoms with Crippen molar-refractivity contribution in [2.45, 2.75) is 38.3 Å². The fourth-order valence-corrected chi connectivity index (χ4v) is 2.86. The van der Waals surface area contributed by atoms with E-state index in [0.29, 0.717) is 12.8 Å². The van der Waals surface area contributed by atoms with Crippen LogP contribution in [-0.2, 0) is 22.6 Å². The number of urea groups is 1. The summed E-state index contributed by atoms with van der Waals surface area (Å²) in [6, 6.07) is -0.253. The van der Waals surface area contributed by atoms with Crippen LogP contribution in [0.1, 0.15) is 25.1 Å². The number of hydrogen-bond donors (Lipinski definition) is 2. The van der Waals surface area contributed by atoms with Crippen molar-refractivity contribution in [1.82, 2.24) is 25.1 Å². The van der Waals surface area contributed by atoms with Gasteiger partial charge in [0.05, 0.1) is 6.54 Å². The van der Waals surface area contributed by atoms with Gasteiger partial charge in [0.15, 0.2) is 0 Å². The number of carbonyl (C=O) groups is 3. The molecule has 8 heteroatoms. The van der Waals surface area contributed by atoms with Crippen molar-refractivity contribution in [3.63, 3.8) is 0 Å². The minimum absolute atomic E-state index is 0.0411. The highest BCUT2D eigenvalue weighted by Crippen LogP contribution is 2.13. The van der Waals surface area contributed by atoms with E-state index in [9.17, 15) is 14.4 Å². The van der Waals surface area contributed by atoms with Crippen LogP contribution in [0.15, 0.2) is 12.4 Å². The molecule has 1 aromatic rings. The molecule has 1 atom stereocenters. The molecule has 3 rings (SSSR count). The summed E-state index contributed by atoms with van der Waals surface area (Å²) >= 11 is 0. The second kappa shape index (κ2) is 6.17. The third-order valence-electron chi connectivity index (χ3n) is 4.02. The second-order valence-corrected chi connectivity index (χ2v) is 5.61. The lowest BCUT2D eigenvalue weighted by Gasteiger charge is -2.24. The van der Waals surface area contributed by atoms with E-state index in [0.717, 1.165) is 30.1 Å². The molecule has 2 aliphatic heterocycles. The lowest BCUT2D eigenvalue weighted by Crippen LogP contribution is -2.41. The Hall–Kier alpha value is -2.38. The fourth-order valence-electron chi connectivity index (χ4n) is 2.86. The summed E-state index contributed by atoms with van der Waals surface area (Å²) in [5, 5.41) is 5.46. The van der Waals surface area contributed by atoms with E-state index in [2.05, 4.69) is 20.2 Å². The van der Waals surface area contributed by atoms with Crippen molar-refractivity contribution in [2.24, 2.45) is 0 Å². The van der Waals surface area contributed by atoms with Gasteiger partial charge in [-0.1, -0.05) is 0 Å². The molecule has 0 spiro atoms. The Morgan fingerprint density at radius 2 is 2.32 bits per heavy atom. The number of nitrogens with zero attached hydrogens (tertiary/aromatic N) is 3. The first-order valence-electron chi connectivity index (χ1n) is 7.51. The third-order valence-corrected chi connectivity index (χ3v) is 4.02. The van der Waals surface area contributed by atoms with Crippen LogP contribution in [0.25, 0.3) is 0 Å². The average molecular weight is 305 g/mol. The monoisotopic (exact) mass is 305 g/mol. The molecule has 8 nitrogen and oxygen atoms in total. The first-order valence-corrected chi connectivity index (χ1v) is 7.51. The van der Waals surface area contributed by atoms with E-state index >= 15 is 0 Å². The number of rotatable bonds is 5. The van der Waals surface area contributed by atoms with E-state index in [1.54, 1.807) is 6.20 Å². The van der Waals surface area contributed by atoms with Crippen LogP contribution in [-0.4, -0.2) is 51.4 Å². The number of imidazole rings is 1. The van der Waals surface area contributed by atoms with Gasteiger partial charge < -0.3 is 15.2 Å². The number of aryl methyl sites for hydroxylation is 1. The number of amides is 4. The molecule has 0 aliphatic carbocycles.